The van der Waals surface area contributed by atoms with E-state index in [1.165, 1.54) is 4.68 Å². The molecule has 1 aromatic carbocycles. The first kappa shape index (κ1) is 20.3. The van der Waals surface area contributed by atoms with Gasteiger partial charge in [0.2, 0.25) is 11.8 Å². The fourth-order valence-corrected chi connectivity index (χ4v) is 4.20. The van der Waals surface area contributed by atoms with Crippen LogP contribution in [0.5, 0.6) is 0 Å². The highest BCUT2D eigenvalue weighted by Gasteiger charge is 2.24. The summed E-state index contributed by atoms with van der Waals surface area (Å²) in [6.45, 7) is 5.83. The number of oxazole rings is 1. The van der Waals surface area contributed by atoms with E-state index < -0.39 is 0 Å². The summed E-state index contributed by atoms with van der Waals surface area (Å²) < 4.78 is 9.09. The summed E-state index contributed by atoms with van der Waals surface area (Å²) in [4.78, 5) is 24.8. The van der Waals surface area contributed by atoms with Crippen molar-refractivity contribution in [1.29, 1.82) is 0 Å². The van der Waals surface area contributed by atoms with Gasteiger partial charge >= 0.3 is 0 Å². The molecule has 5 rings (SSSR count). The lowest BCUT2D eigenvalue weighted by Gasteiger charge is -2.31. The van der Waals surface area contributed by atoms with Crippen LogP contribution in [0, 0.1) is 18.8 Å². The van der Waals surface area contributed by atoms with E-state index >= 15 is 0 Å². The Morgan fingerprint density at radius 2 is 2.16 bits per heavy atom. The highest BCUT2D eigenvalue weighted by atomic mass is 16.3. The molecule has 0 bridgehead atoms. The summed E-state index contributed by atoms with van der Waals surface area (Å²) in [7, 11) is 0. The first-order valence-electron chi connectivity index (χ1n) is 10.8. The Morgan fingerprint density at radius 1 is 1.28 bits per heavy atom. The van der Waals surface area contributed by atoms with Crippen LogP contribution >= 0.6 is 0 Å². The van der Waals surface area contributed by atoms with E-state index in [2.05, 4.69) is 26.8 Å². The number of hydrogen-bond acceptors (Lipinski definition) is 7. The summed E-state index contributed by atoms with van der Waals surface area (Å²) in [5.74, 6) is 7.13. The Balaban J connectivity index is 1.57. The van der Waals surface area contributed by atoms with Crippen LogP contribution in [0.25, 0.3) is 22.1 Å². The summed E-state index contributed by atoms with van der Waals surface area (Å²) >= 11 is 0. The fraction of sp³-hybridized carbons (Fsp3) is 0.391. The van der Waals surface area contributed by atoms with Crippen LogP contribution in [0.4, 0.5) is 5.95 Å². The molecule has 1 aliphatic rings. The number of anilines is 1. The van der Waals surface area contributed by atoms with Gasteiger partial charge in [-0.1, -0.05) is 12.0 Å². The molecule has 4 aromatic rings. The molecule has 1 atom stereocenters. The predicted molar refractivity (Wildman–Crippen MR) is 123 cm³/mol. The number of piperidine rings is 1. The molecule has 4 heterocycles. The average molecular weight is 432 g/mol. The van der Waals surface area contributed by atoms with Crippen LogP contribution in [-0.4, -0.2) is 43.4 Å². The van der Waals surface area contributed by atoms with Crippen molar-refractivity contribution in [3.8, 4) is 11.8 Å². The van der Waals surface area contributed by atoms with Gasteiger partial charge in [0.15, 0.2) is 5.58 Å². The maximum Gasteiger partial charge on any atom is 0.293 e. The van der Waals surface area contributed by atoms with E-state index in [1.807, 2.05) is 29.7 Å². The number of nitrogens with zero attached hydrogens (tertiary/aromatic N) is 6. The van der Waals surface area contributed by atoms with Crippen molar-refractivity contribution in [1.82, 2.24) is 24.3 Å². The van der Waals surface area contributed by atoms with Crippen molar-refractivity contribution >= 4 is 28.1 Å². The van der Waals surface area contributed by atoms with Gasteiger partial charge in [0, 0.05) is 19.1 Å². The van der Waals surface area contributed by atoms with Crippen molar-refractivity contribution in [2.45, 2.75) is 45.8 Å². The Hall–Kier alpha value is -3.64. The van der Waals surface area contributed by atoms with Gasteiger partial charge in [-0.05, 0) is 44.4 Å². The Kier molecular flexibility index (Phi) is 5.15. The first-order chi connectivity index (χ1) is 15.5. The zero-order valence-corrected chi connectivity index (χ0v) is 18.2. The monoisotopic (exact) mass is 431 g/mol. The second-order valence-corrected chi connectivity index (χ2v) is 8.19. The molecule has 32 heavy (non-hydrogen) atoms. The summed E-state index contributed by atoms with van der Waals surface area (Å²) in [6, 6.07) is 5.91. The molecule has 2 N–H and O–H groups in total. The van der Waals surface area contributed by atoms with Gasteiger partial charge < -0.3 is 15.1 Å². The molecule has 0 unspecified atom stereocenters. The van der Waals surface area contributed by atoms with Gasteiger partial charge in [0.25, 0.3) is 5.56 Å². The van der Waals surface area contributed by atoms with E-state index in [9.17, 15) is 4.79 Å². The zero-order chi connectivity index (χ0) is 22.2. The molecular formula is C23H25N7O2. The molecule has 1 aliphatic heterocycles. The second-order valence-electron chi connectivity index (χ2n) is 8.19. The molecule has 3 aromatic heterocycles. The number of benzene rings is 1. The number of hydrogen-bond donors (Lipinski definition) is 1. The Labute approximate surface area is 184 Å². The lowest BCUT2D eigenvalue weighted by atomic mass is 10.1. The minimum absolute atomic E-state index is 0.0897. The maximum atomic E-state index is 13.4. The van der Waals surface area contributed by atoms with E-state index in [0.29, 0.717) is 41.5 Å². The standard InChI is InChI=1S/C23H25N7O2/c1-3-4-10-29-21-18(27-23(29)28-9-5-6-16(24)13-28)12-25-30(22(21)31)14-20-26-17-8-7-15(2)11-19(17)32-20/h7-8,11-12,16H,5-6,9-10,13-14,24H2,1-2H3/t16-/m1/s1. The molecule has 0 aliphatic carbocycles. The number of imidazole rings is 1. The summed E-state index contributed by atoms with van der Waals surface area (Å²) in [6.07, 6.45) is 3.60. The molecule has 0 amide bonds. The average Bonchev–Trinajstić information content (AvgIpc) is 3.35. The minimum Gasteiger partial charge on any atom is -0.439 e. The second kappa shape index (κ2) is 8.13. The molecule has 9 nitrogen and oxygen atoms in total. The number of rotatable bonds is 4. The molecule has 1 saturated heterocycles. The minimum atomic E-state index is -0.251. The third-order valence-corrected chi connectivity index (χ3v) is 5.76. The van der Waals surface area contributed by atoms with Gasteiger partial charge in [0.1, 0.15) is 23.1 Å². The zero-order valence-electron chi connectivity index (χ0n) is 18.2. The van der Waals surface area contributed by atoms with Gasteiger partial charge in [-0.2, -0.15) is 5.10 Å². The number of aromatic nitrogens is 5. The van der Waals surface area contributed by atoms with Crippen LogP contribution in [0.15, 0.2) is 33.6 Å². The first-order valence-corrected chi connectivity index (χ1v) is 10.8. The van der Waals surface area contributed by atoms with Crippen molar-refractivity contribution in [2.75, 3.05) is 18.0 Å². The quantitative estimate of drug-likeness (QED) is 0.493. The van der Waals surface area contributed by atoms with Crippen molar-refractivity contribution < 1.29 is 4.42 Å². The predicted octanol–water partition coefficient (Wildman–Crippen LogP) is 2.04. The number of fused-ring (bicyclic) bond motifs is 2. The van der Waals surface area contributed by atoms with Crippen molar-refractivity contribution in [3.05, 3.63) is 46.2 Å². The van der Waals surface area contributed by atoms with E-state index in [4.69, 9.17) is 15.1 Å². The highest BCUT2D eigenvalue weighted by Crippen LogP contribution is 2.23. The molecule has 0 spiro atoms. The normalized spacial score (nSPS) is 16.5. The summed E-state index contributed by atoms with van der Waals surface area (Å²) in [5, 5.41) is 4.33. The smallest absolute Gasteiger partial charge is 0.293 e. The Morgan fingerprint density at radius 3 is 2.97 bits per heavy atom. The van der Waals surface area contributed by atoms with Crippen molar-refractivity contribution in [2.24, 2.45) is 5.73 Å². The topological polar surface area (TPSA) is 108 Å². The van der Waals surface area contributed by atoms with Gasteiger partial charge in [-0.25, -0.2) is 14.6 Å². The largest absolute Gasteiger partial charge is 0.439 e. The van der Waals surface area contributed by atoms with Gasteiger partial charge in [-0.3, -0.25) is 9.36 Å². The fourth-order valence-electron chi connectivity index (χ4n) is 4.20. The van der Waals surface area contributed by atoms with Crippen LogP contribution in [0.1, 0.15) is 31.2 Å². The van der Waals surface area contributed by atoms with Crippen LogP contribution in [0.2, 0.25) is 0 Å². The van der Waals surface area contributed by atoms with Crippen LogP contribution < -0.4 is 16.2 Å². The molecular weight excluding hydrogens is 406 g/mol. The summed E-state index contributed by atoms with van der Waals surface area (Å²) in [5.41, 5.74) is 9.50. The third-order valence-electron chi connectivity index (χ3n) is 5.76. The van der Waals surface area contributed by atoms with Crippen molar-refractivity contribution in [3.63, 3.8) is 0 Å². The number of nitrogens with two attached hydrogens (primary N) is 1. The van der Waals surface area contributed by atoms with E-state index in [1.54, 1.807) is 13.1 Å². The van der Waals surface area contributed by atoms with Crippen LogP contribution in [-0.2, 0) is 13.1 Å². The van der Waals surface area contributed by atoms with Gasteiger partial charge in [0.05, 0.1) is 12.7 Å². The molecule has 9 heteroatoms. The molecule has 0 radical (unpaired) electrons. The molecule has 1 fully saturated rings. The lowest BCUT2D eigenvalue weighted by molar-refractivity contribution is 0.482. The van der Waals surface area contributed by atoms with Gasteiger partial charge in [-0.15, -0.1) is 5.92 Å². The third kappa shape index (κ3) is 3.63. The molecule has 164 valence electrons. The van der Waals surface area contributed by atoms with E-state index in [0.717, 1.165) is 30.5 Å². The van der Waals surface area contributed by atoms with E-state index in [-0.39, 0.29) is 18.1 Å². The number of aryl methyl sites for hydroxylation is 1. The molecule has 0 saturated carbocycles. The SMILES string of the molecule is CC#CCn1c(N2CCC[C@@H](N)C2)nc2cnn(Cc3nc4ccc(C)cc4o3)c(=O)c21. The maximum absolute atomic E-state index is 13.4. The van der Waals surface area contributed by atoms with Crippen LogP contribution in [0.3, 0.4) is 0 Å². The Bertz CT molecular complexity index is 1420. The lowest BCUT2D eigenvalue weighted by Crippen LogP contribution is -2.44. The highest BCUT2D eigenvalue weighted by molar-refractivity contribution is 5.77.